The van der Waals surface area contributed by atoms with Crippen LogP contribution in [0.2, 0.25) is 0 Å². The lowest BCUT2D eigenvalue weighted by Crippen LogP contribution is -2.26. The van der Waals surface area contributed by atoms with Crippen LogP contribution in [0.5, 0.6) is 5.75 Å². The number of epoxide rings is 1. The zero-order valence-corrected chi connectivity index (χ0v) is 13.8. The summed E-state index contributed by atoms with van der Waals surface area (Å²) in [6.07, 6.45) is 0.0866. The molecule has 6 nitrogen and oxygen atoms in total. The fourth-order valence-corrected chi connectivity index (χ4v) is 3.01. The molecule has 0 aliphatic carbocycles. The molecule has 3 aromatic rings. The van der Waals surface area contributed by atoms with Crippen LogP contribution in [-0.4, -0.2) is 29.0 Å². The Morgan fingerprint density at radius 3 is 2.60 bits per heavy atom. The second-order valence-corrected chi connectivity index (χ2v) is 6.10. The molecule has 126 valence electrons. The molecule has 0 amide bonds. The third-order valence-electron chi connectivity index (χ3n) is 4.44. The number of benzene rings is 2. The molecule has 0 saturated carbocycles. The molecule has 0 N–H and O–H groups in total. The van der Waals surface area contributed by atoms with Crippen LogP contribution in [0.4, 0.5) is 0 Å². The largest absolute Gasteiger partial charge is 0.497 e. The lowest BCUT2D eigenvalue weighted by molar-refractivity contribution is 0.381. The summed E-state index contributed by atoms with van der Waals surface area (Å²) in [7, 11) is 1.62. The molecular formula is C19H17N3O3. The van der Waals surface area contributed by atoms with Crippen molar-refractivity contribution in [2.75, 3.05) is 13.7 Å². The zero-order chi connectivity index (χ0) is 17.4. The van der Waals surface area contributed by atoms with Crippen LogP contribution in [0.15, 0.2) is 47.3 Å². The Morgan fingerprint density at radius 2 is 1.96 bits per heavy atom. The fraction of sp³-hybridized carbons (Fsp3) is 0.263. The number of methoxy groups -OCH3 is 1. The minimum atomic E-state index is -0.0867. The summed E-state index contributed by atoms with van der Waals surface area (Å²) >= 11 is 0. The highest BCUT2D eigenvalue weighted by molar-refractivity contribution is 5.78. The SMILES string of the molecule is COc1ccc(Cn2c(=O)n(CC3CO3)c3cc(C#N)ccc32)cc1. The number of aromatic nitrogens is 2. The molecule has 1 aliphatic heterocycles. The summed E-state index contributed by atoms with van der Waals surface area (Å²) in [5, 5.41) is 9.16. The Balaban J connectivity index is 1.80. The van der Waals surface area contributed by atoms with E-state index in [1.807, 2.05) is 30.3 Å². The molecule has 25 heavy (non-hydrogen) atoms. The predicted molar refractivity (Wildman–Crippen MR) is 92.7 cm³/mol. The normalized spacial score (nSPS) is 15.9. The predicted octanol–water partition coefficient (Wildman–Crippen LogP) is 2.13. The van der Waals surface area contributed by atoms with Crippen LogP contribution >= 0.6 is 0 Å². The summed E-state index contributed by atoms with van der Waals surface area (Å²) in [4.78, 5) is 12.9. The van der Waals surface area contributed by atoms with E-state index in [0.717, 1.165) is 22.3 Å². The minimum Gasteiger partial charge on any atom is -0.497 e. The second kappa shape index (κ2) is 6.11. The van der Waals surface area contributed by atoms with Crippen molar-refractivity contribution >= 4 is 11.0 Å². The molecule has 1 unspecified atom stereocenters. The maximum atomic E-state index is 12.9. The highest BCUT2D eigenvalue weighted by Crippen LogP contribution is 2.20. The molecule has 4 rings (SSSR count). The van der Waals surface area contributed by atoms with Gasteiger partial charge in [-0.2, -0.15) is 5.26 Å². The molecular weight excluding hydrogens is 318 g/mol. The van der Waals surface area contributed by atoms with Gasteiger partial charge in [0.15, 0.2) is 0 Å². The maximum absolute atomic E-state index is 12.9. The monoisotopic (exact) mass is 335 g/mol. The van der Waals surface area contributed by atoms with E-state index in [1.165, 1.54) is 0 Å². The number of nitriles is 1. The quantitative estimate of drug-likeness (QED) is 0.670. The summed E-state index contributed by atoms with van der Waals surface area (Å²) in [5.41, 5.74) is 3.05. The molecule has 1 aliphatic rings. The molecule has 2 aromatic carbocycles. The highest BCUT2D eigenvalue weighted by Gasteiger charge is 2.26. The zero-order valence-electron chi connectivity index (χ0n) is 13.8. The third-order valence-corrected chi connectivity index (χ3v) is 4.44. The van der Waals surface area contributed by atoms with Gasteiger partial charge in [-0.3, -0.25) is 9.13 Å². The van der Waals surface area contributed by atoms with Gasteiger partial charge in [-0.1, -0.05) is 12.1 Å². The molecule has 2 heterocycles. The molecule has 0 bridgehead atoms. The summed E-state index contributed by atoms with van der Waals surface area (Å²) in [5.74, 6) is 0.781. The van der Waals surface area contributed by atoms with Gasteiger partial charge >= 0.3 is 5.69 Å². The first-order valence-electron chi connectivity index (χ1n) is 8.07. The molecule has 1 aromatic heterocycles. The number of hydrogen-bond acceptors (Lipinski definition) is 4. The standard InChI is InChI=1S/C19H17N3O3/c1-24-15-5-2-13(3-6-15)10-21-17-7-4-14(9-20)8-18(17)22(19(21)23)11-16-12-25-16/h2-8,16H,10-12H2,1H3. The number of imidazole rings is 1. The van der Waals surface area contributed by atoms with E-state index in [9.17, 15) is 4.79 Å². The Hall–Kier alpha value is -3.04. The van der Waals surface area contributed by atoms with E-state index in [1.54, 1.807) is 28.4 Å². The van der Waals surface area contributed by atoms with Crippen molar-refractivity contribution in [3.8, 4) is 11.8 Å². The Bertz CT molecular complexity index is 1020. The Labute approximate surface area is 144 Å². The van der Waals surface area contributed by atoms with Crippen molar-refractivity contribution in [1.82, 2.24) is 9.13 Å². The van der Waals surface area contributed by atoms with Crippen LogP contribution < -0.4 is 10.4 Å². The first kappa shape index (κ1) is 15.5. The summed E-state index contributed by atoms with van der Waals surface area (Å²) < 4.78 is 13.9. The van der Waals surface area contributed by atoms with Crippen molar-refractivity contribution in [1.29, 1.82) is 5.26 Å². The van der Waals surface area contributed by atoms with Gasteiger partial charge in [0, 0.05) is 0 Å². The fourth-order valence-electron chi connectivity index (χ4n) is 3.01. The number of nitrogens with zero attached hydrogens (tertiary/aromatic N) is 3. The van der Waals surface area contributed by atoms with Crippen molar-refractivity contribution in [2.45, 2.75) is 19.2 Å². The smallest absolute Gasteiger partial charge is 0.329 e. The van der Waals surface area contributed by atoms with E-state index in [2.05, 4.69) is 6.07 Å². The van der Waals surface area contributed by atoms with Crippen molar-refractivity contribution in [2.24, 2.45) is 0 Å². The van der Waals surface area contributed by atoms with Gasteiger partial charge in [0.2, 0.25) is 0 Å². The second-order valence-electron chi connectivity index (χ2n) is 6.10. The van der Waals surface area contributed by atoms with Crippen LogP contribution in [-0.2, 0) is 17.8 Å². The summed E-state index contributed by atoms with van der Waals surface area (Å²) in [6, 6.07) is 15.1. The number of rotatable bonds is 5. The van der Waals surface area contributed by atoms with Crippen LogP contribution in [0.3, 0.4) is 0 Å². The average Bonchev–Trinajstić information content (AvgIpc) is 3.44. The Morgan fingerprint density at radius 1 is 1.20 bits per heavy atom. The van der Waals surface area contributed by atoms with Crippen molar-refractivity contribution in [3.63, 3.8) is 0 Å². The van der Waals surface area contributed by atoms with Gasteiger partial charge in [-0.05, 0) is 35.9 Å². The number of hydrogen-bond donors (Lipinski definition) is 0. The lowest BCUT2D eigenvalue weighted by atomic mass is 10.2. The first-order chi connectivity index (χ1) is 12.2. The molecule has 1 atom stereocenters. The molecule has 1 fully saturated rings. The van der Waals surface area contributed by atoms with E-state index in [0.29, 0.717) is 25.3 Å². The van der Waals surface area contributed by atoms with E-state index >= 15 is 0 Å². The first-order valence-corrected chi connectivity index (χ1v) is 8.07. The van der Waals surface area contributed by atoms with Crippen LogP contribution in [0.25, 0.3) is 11.0 Å². The van der Waals surface area contributed by atoms with E-state index in [4.69, 9.17) is 14.7 Å². The topological polar surface area (TPSA) is 72.5 Å². The maximum Gasteiger partial charge on any atom is 0.329 e. The van der Waals surface area contributed by atoms with E-state index in [-0.39, 0.29) is 11.8 Å². The molecule has 1 saturated heterocycles. The molecule has 6 heteroatoms. The van der Waals surface area contributed by atoms with Crippen molar-refractivity contribution < 1.29 is 9.47 Å². The molecule has 0 radical (unpaired) electrons. The average molecular weight is 335 g/mol. The van der Waals surface area contributed by atoms with Gasteiger partial charge in [0.1, 0.15) is 5.75 Å². The highest BCUT2D eigenvalue weighted by atomic mass is 16.6. The van der Waals surface area contributed by atoms with Crippen molar-refractivity contribution in [3.05, 3.63) is 64.1 Å². The van der Waals surface area contributed by atoms with Gasteiger partial charge in [-0.15, -0.1) is 0 Å². The van der Waals surface area contributed by atoms with E-state index < -0.39 is 0 Å². The third kappa shape index (κ3) is 2.90. The van der Waals surface area contributed by atoms with Gasteiger partial charge < -0.3 is 9.47 Å². The molecule has 0 spiro atoms. The van der Waals surface area contributed by atoms with Gasteiger partial charge in [-0.25, -0.2) is 4.79 Å². The van der Waals surface area contributed by atoms with Gasteiger partial charge in [0.05, 0.1) is 55.6 Å². The number of ether oxygens (including phenoxy) is 2. The van der Waals surface area contributed by atoms with Gasteiger partial charge in [0.25, 0.3) is 0 Å². The minimum absolute atomic E-state index is 0.0866. The lowest BCUT2D eigenvalue weighted by Gasteiger charge is -2.05. The summed E-state index contributed by atoms with van der Waals surface area (Å²) in [6.45, 7) is 1.65. The van der Waals surface area contributed by atoms with Crippen LogP contribution in [0, 0.1) is 11.3 Å². The Kier molecular flexibility index (Phi) is 3.79. The van der Waals surface area contributed by atoms with Crippen LogP contribution in [0.1, 0.15) is 11.1 Å². The number of fused-ring (bicyclic) bond motifs is 1.